The number of hydrogen-bond acceptors (Lipinski definition) is 2. The van der Waals surface area contributed by atoms with Crippen LogP contribution in [0.25, 0.3) is 121 Å². The van der Waals surface area contributed by atoms with Crippen molar-refractivity contribution in [1.82, 2.24) is 9.13 Å². The Hall–Kier alpha value is -7.82. The third-order valence-corrected chi connectivity index (χ3v) is 12.1. The van der Waals surface area contributed by atoms with Gasteiger partial charge in [-0.2, -0.15) is 0 Å². The molecule has 0 atom stereocenters. The van der Waals surface area contributed by atoms with Crippen LogP contribution in [0, 0.1) is 0 Å². The first kappa shape index (κ1) is 31.4. The summed E-state index contributed by atoms with van der Waals surface area (Å²) in [6.45, 7) is 0. The van der Waals surface area contributed by atoms with Crippen molar-refractivity contribution in [2.75, 3.05) is 0 Å². The van der Waals surface area contributed by atoms with Gasteiger partial charge in [0, 0.05) is 60.0 Å². The minimum absolute atomic E-state index is 0.885. The number of furan rings is 2. The van der Waals surface area contributed by atoms with Gasteiger partial charge in [0.2, 0.25) is 0 Å². The molecule has 0 fully saturated rings. The molecule has 4 heteroatoms. The molecule has 4 nitrogen and oxygen atoms in total. The second-order valence-electron chi connectivity index (χ2n) is 15.2. The van der Waals surface area contributed by atoms with Crippen LogP contribution >= 0.6 is 0 Å². The Labute approximate surface area is 332 Å². The molecule has 13 rings (SSSR count). The SMILES string of the molecule is c1ccc(-c2ccc3c4ccccc4n(-c4ccc5oc6ccccc6c5c4)c3c2-c2ccc3c4ccccc4n(-c4ccc5oc6ccccc6c5c4)c3c2)cc1. The second-order valence-corrected chi connectivity index (χ2v) is 15.2. The van der Waals surface area contributed by atoms with Crippen LogP contribution in [0.2, 0.25) is 0 Å². The van der Waals surface area contributed by atoms with Gasteiger partial charge in [-0.15, -0.1) is 0 Å². The van der Waals surface area contributed by atoms with Crippen molar-refractivity contribution < 1.29 is 8.83 Å². The number of nitrogens with zero attached hydrogens (tertiary/aromatic N) is 2. The fourth-order valence-corrected chi connectivity index (χ4v) is 9.59. The molecule has 0 saturated heterocycles. The van der Waals surface area contributed by atoms with Crippen LogP contribution in [0.5, 0.6) is 0 Å². The summed E-state index contributed by atoms with van der Waals surface area (Å²) in [5, 5.41) is 9.30. The molecule has 4 heterocycles. The predicted molar refractivity (Wildman–Crippen MR) is 241 cm³/mol. The summed E-state index contributed by atoms with van der Waals surface area (Å²) in [5.41, 5.74) is 15.1. The van der Waals surface area contributed by atoms with Gasteiger partial charge in [-0.1, -0.05) is 127 Å². The van der Waals surface area contributed by atoms with Gasteiger partial charge in [-0.05, 0) is 83.4 Å². The number of aromatic nitrogens is 2. The molecule has 0 amide bonds. The summed E-state index contributed by atoms with van der Waals surface area (Å²) in [7, 11) is 0. The molecule has 0 N–H and O–H groups in total. The maximum atomic E-state index is 6.31. The largest absolute Gasteiger partial charge is 0.456 e. The zero-order valence-corrected chi connectivity index (χ0v) is 31.2. The molecule has 0 aliphatic heterocycles. The highest BCUT2D eigenvalue weighted by Crippen LogP contribution is 2.46. The first-order valence-electron chi connectivity index (χ1n) is 19.8. The molecule has 13 aromatic rings. The maximum absolute atomic E-state index is 6.31. The smallest absolute Gasteiger partial charge is 0.135 e. The van der Waals surface area contributed by atoms with Crippen LogP contribution < -0.4 is 0 Å². The topological polar surface area (TPSA) is 36.1 Å². The molecule has 270 valence electrons. The Morgan fingerprint density at radius 3 is 1.47 bits per heavy atom. The van der Waals surface area contributed by atoms with Crippen molar-refractivity contribution in [2.24, 2.45) is 0 Å². The summed E-state index contributed by atoms with van der Waals surface area (Å²) in [4.78, 5) is 0. The van der Waals surface area contributed by atoms with Crippen molar-refractivity contribution in [1.29, 1.82) is 0 Å². The number of para-hydroxylation sites is 4. The molecule has 0 saturated carbocycles. The molecule has 4 aromatic heterocycles. The van der Waals surface area contributed by atoms with Gasteiger partial charge in [-0.25, -0.2) is 0 Å². The van der Waals surface area contributed by atoms with Gasteiger partial charge in [0.05, 0.1) is 22.1 Å². The second kappa shape index (κ2) is 11.8. The molecule has 58 heavy (non-hydrogen) atoms. The van der Waals surface area contributed by atoms with E-state index in [0.29, 0.717) is 0 Å². The Balaban J connectivity index is 1.15. The van der Waals surface area contributed by atoms with Gasteiger partial charge >= 0.3 is 0 Å². The summed E-state index contributed by atoms with van der Waals surface area (Å²) in [6.07, 6.45) is 0. The highest BCUT2D eigenvalue weighted by molar-refractivity contribution is 6.18. The van der Waals surface area contributed by atoms with E-state index in [1.165, 1.54) is 43.8 Å². The van der Waals surface area contributed by atoms with Crippen molar-refractivity contribution in [3.63, 3.8) is 0 Å². The zero-order chi connectivity index (χ0) is 37.9. The minimum atomic E-state index is 0.885. The van der Waals surface area contributed by atoms with E-state index in [-0.39, 0.29) is 0 Å². The Bertz CT molecular complexity index is 3800. The molecule has 0 aliphatic carbocycles. The van der Waals surface area contributed by atoms with Crippen molar-refractivity contribution >= 4 is 87.5 Å². The average molecular weight is 741 g/mol. The van der Waals surface area contributed by atoms with Crippen LogP contribution in [0.1, 0.15) is 0 Å². The van der Waals surface area contributed by atoms with Crippen molar-refractivity contribution in [3.05, 3.63) is 194 Å². The summed E-state index contributed by atoms with van der Waals surface area (Å²) in [5.74, 6) is 0. The molecule has 0 bridgehead atoms. The quantitative estimate of drug-likeness (QED) is 0.180. The molecular weight excluding hydrogens is 709 g/mol. The first-order valence-corrected chi connectivity index (χ1v) is 19.8. The lowest BCUT2D eigenvalue weighted by molar-refractivity contribution is 0.668. The van der Waals surface area contributed by atoms with E-state index >= 15 is 0 Å². The van der Waals surface area contributed by atoms with Gasteiger partial charge in [0.15, 0.2) is 0 Å². The highest BCUT2D eigenvalue weighted by Gasteiger charge is 2.23. The fraction of sp³-hybridized carbons (Fsp3) is 0. The van der Waals surface area contributed by atoms with E-state index in [0.717, 1.165) is 77.4 Å². The van der Waals surface area contributed by atoms with Gasteiger partial charge in [0.25, 0.3) is 0 Å². The van der Waals surface area contributed by atoms with Crippen molar-refractivity contribution in [3.8, 4) is 33.6 Å². The lowest BCUT2D eigenvalue weighted by Crippen LogP contribution is -1.98. The Morgan fingerprint density at radius 2 is 0.793 bits per heavy atom. The van der Waals surface area contributed by atoms with E-state index in [1.807, 2.05) is 24.3 Å². The molecule has 0 aliphatic rings. The molecule has 0 unspecified atom stereocenters. The lowest BCUT2D eigenvalue weighted by Gasteiger charge is -2.17. The fourth-order valence-electron chi connectivity index (χ4n) is 9.59. The highest BCUT2D eigenvalue weighted by atomic mass is 16.3. The summed E-state index contributed by atoms with van der Waals surface area (Å²) in [6, 6.07) is 69.8. The summed E-state index contributed by atoms with van der Waals surface area (Å²) < 4.78 is 17.5. The van der Waals surface area contributed by atoms with Crippen LogP contribution in [0.4, 0.5) is 0 Å². The van der Waals surface area contributed by atoms with E-state index < -0.39 is 0 Å². The normalized spacial score (nSPS) is 12.1. The van der Waals surface area contributed by atoms with Crippen LogP contribution in [-0.4, -0.2) is 9.13 Å². The lowest BCUT2D eigenvalue weighted by atomic mass is 9.91. The molecule has 9 aromatic carbocycles. The average Bonchev–Trinajstić information content (AvgIpc) is 4.03. The third-order valence-electron chi connectivity index (χ3n) is 12.1. The minimum Gasteiger partial charge on any atom is -0.456 e. The van der Waals surface area contributed by atoms with Crippen LogP contribution in [-0.2, 0) is 0 Å². The standard InChI is InChI=1S/C54H32N2O2/c1-2-12-33(13-3-1)37-26-27-43-39-15-5-9-19-47(39)56(36-24-29-52-45(32-36)42-17-7-11-21-50(42)58-52)54(43)53(37)34-22-25-40-38-14-4-8-18-46(38)55(48(40)30-34)35-23-28-51-44(31-35)41-16-6-10-20-49(41)57-51/h1-32H. The Kier molecular flexibility index (Phi) is 6.41. The Morgan fingerprint density at radius 1 is 0.293 bits per heavy atom. The predicted octanol–water partition coefficient (Wildman–Crippen LogP) is 15.0. The first-order chi connectivity index (χ1) is 28.8. The van der Waals surface area contributed by atoms with Crippen molar-refractivity contribution in [2.45, 2.75) is 0 Å². The van der Waals surface area contributed by atoms with E-state index in [4.69, 9.17) is 8.83 Å². The van der Waals surface area contributed by atoms with Gasteiger partial charge < -0.3 is 18.0 Å². The number of benzene rings is 9. The van der Waals surface area contributed by atoms with Gasteiger partial charge in [-0.3, -0.25) is 0 Å². The molecule has 0 radical (unpaired) electrons. The monoisotopic (exact) mass is 740 g/mol. The molecular formula is C54H32N2O2. The molecule has 0 spiro atoms. The van der Waals surface area contributed by atoms with E-state index in [2.05, 4.69) is 179 Å². The number of rotatable bonds is 4. The third kappa shape index (κ3) is 4.40. The zero-order valence-electron chi connectivity index (χ0n) is 31.2. The number of fused-ring (bicyclic) bond motifs is 12. The van der Waals surface area contributed by atoms with Crippen LogP contribution in [0.15, 0.2) is 203 Å². The van der Waals surface area contributed by atoms with Gasteiger partial charge in [0.1, 0.15) is 22.3 Å². The van der Waals surface area contributed by atoms with Crippen LogP contribution in [0.3, 0.4) is 0 Å². The van der Waals surface area contributed by atoms with E-state index in [1.54, 1.807) is 0 Å². The number of hydrogen-bond donors (Lipinski definition) is 0. The van der Waals surface area contributed by atoms with E-state index in [9.17, 15) is 0 Å². The maximum Gasteiger partial charge on any atom is 0.135 e. The summed E-state index contributed by atoms with van der Waals surface area (Å²) >= 11 is 0.